The summed E-state index contributed by atoms with van der Waals surface area (Å²) in [7, 11) is 0. The second-order valence-corrected chi connectivity index (χ2v) is 3.77. The van der Waals surface area contributed by atoms with Gasteiger partial charge in [0.15, 0.2) is 0 Å². The average molecular weight is 209 g/mol. The second kappa shape index (κ2) is 4.88. The van der Waals surface area contributed by atoms with E-state index in [-0.39, 0.29) is 6.04 Å². The molecule has 0 spiro atoms. The summed E-state index contributed by atoms with van der Waals surface area (Å²) in [6.45, 7) is 4.12. The highest BCUT2D eigenvalue weighted by Gasteiger charge is 2.09. The van der Waals surface area contributed by atoms with E-state index in [0.717, 1.165) is 0 Å². The Morgan fingerprint density at radius 3 is 2.71 bits per heavy atom. The Bertz CT molecular complexity index is 341. The fourth-order valence-corrected chi connectivity index (χ4v) is 1.21. The molecule has 2 nitrogen and oxygen atoms in total. The van der Waals surface area contributed by atoms with Crippen molar-refractivity contribution in [3.8, 4) is 12.3 Å². The third-order valence-corrected chi connectivity index (χ3v) is 2.08. The fourth-order valence-electron chi connectivity index (χ4n) is 1.05. The lowest BCUT2D eigenvalue weighted by Gasteiger charge is -2.16. The standard InChI is InChI=1S/C11H13ClN2/c1-4-9(8(2)3)13-11-7-5-6-10(12)14-11/h1,5-9H,2-3H3,(H,13,14). The van der Waals surface area contributed by atoms with Crippen molar-refractivity contribution in [2.24, 2.45) is 5.92 Å². The van der Waals surface area contributed by atoms with Crippen molar-refractivity contribution >= 4 is 17.4 Å². The van der Waals surface area contributed by atoms with Gasteiger partial charge in [0.2, 0.25) is 0 Å². The first-order valence-electron chi connectivity index (χ1n) is 4.48. The van der Waals surface area contributed by atoms with Crippen LogP contribution >= 0.6 is 11.6 Å². The molecule has 74 valence electrons. The lowest BCUT2D eigenvalue weighted by molar-refractivity contribution is 0.612. The highest BCUT2D eigenvalue weighted by molar-refractivity contribution is 6.29. The zero-order chi connectivity index (χ0) is 10.6. The van der Waals surface area contributed by atoms with Crippen LogP contribution in [0.15, 0.2) is 18.2 Å². The largest absolute Gasteiger partial charge is 0.356 e. The molecule has 14 heavy (non-hydrogen) atoms. The topological polar surface area (TPSA) is 24.9 Å². The van der Waals surface area contributed by atoms with E-state index in [1.54, 1.807) is 6.07 Å². The number of nitrogens with zero attached hydrogens (tertiary/aromatic N) is 1. The Kier molecular flexibility index (Phi) is 3.79. The van der Waals surface area contributed by atoms with E-state index < -0.39 is 0 Å². The zero-order valence-electron chi connectivity index (χ0n) is 8.29. The third-order valence-electron chi connectivity index (χ3n) is 1.86. The van der Waals surface area contributed by atoms with Gasteiger partial charge in [-0.05, 0) is 18.1 Å². The van der Waals surface area contributed by atoms with E-state index in [4.69, 9.17) is 18.0 Å². The summed E-state index contributed by atoms with van der Waals surface area (Å²) in [5.41, 5.74) is 0. The Labute approximate surface area is 89.7 Å². The van der Waals surface area contributed by atoms with Crippen molar-refractivity contribution in [1.82, 2.24) is 4.98 Å². The zero-order valence-corrected chi connectivity index (χ0v) is 9.05. The van der Waals surface area contributed by atoms with Crippen LogP contribution in [0.25, 0.3) is 0 Å². The molecule has 1 rings (SSSR count). The van der Waals surface area contributed by atoms with Crippen molar-refractivity contribution in [3.63, 3.8) is 0 Å². The summed E-state index contributed by atoms with van der Waals surface area (Å²) in [6.07, 6.45) is 5.39. The molecule has 0 aromatic carbocycles. The van der Waals surface area contributed by atoms with Crippen molar-refractivity contribution in [1.29, 1.82) is 0 Å². The Morgan fingerprint density at radius 1 is 1.50 bits per heavy atom. The predicted octanol–water partition coefficient (Wildman–Crippen LogP) is 2.80. The minimum Gasteiger partial charge on any atom is -0.356 e. The molecule has 0 saturated heterocycles. The normalized spacial score (nSPS) is 12.2. The van der Waals surface area contributed by atoms with Gasteiger partial charge in [-0.3, -0.25) is 0 Å². The van der Waals surface area contributed by atoms with Crippen LogP contribution in [0, 0.1) is 18.3 Å². The number of anilines is 1. The molecule has 3 heteroatoms. The molecular weight excluding hydrogens is 196 g/mol. The van der Waals surface area contributed by atoms with Gasteiger partial charge in [0, 0.05) is 0 Å². The number of halogens is 1. The van der Waals surface area contributed by atoms with E-state index >= 15 is 0 Å². The molecule has 1 N–H and O–H groups in total. The number of nitrogens with one attached hydrogen (secondary N) is 1. The fraction of sp³-hybridized carbons (Fsp3) is 0.364. The molecule has 0 bridgehead atoms. The molecule has 1 aromatic heterocycles. The molecule has 0 saturated carbocycles. The lowest BCUT2D eigenvalue weighted by Crippen LogP contribution is -2.23. The number of hydrogen-bond acceptors (Lipinski definition) is 2. The van der Waals surface area contributed by atoms with Gasteiger partial charge in [-0.15, -0.1) is 6.42 Å². The number of rotatable bonds is 3. The van der Waals surface area contributed by atoms with Gasteiger partial charge in [0.1, 0.15) is 11.0 Å². The van der Waals surface area contributed by atoms with Crippen LogP contribution in [0.3, 0.4) is 0 Å². The number of aromatic nitrogens is 1. The van der Waals surface area contributed by atoms with Crippen molar-refractivity contribution in [2.45, 2.75) is 19.9 Å². The summed E-state index contributed by atoms with van der Waals surface area (Å²) < 4.78 is 0. The predicted molar refractivity (Wildman–Crippen MR) is 60.3 cm³/mol. The third kappa shape index (κ3) is 2.93. The van der Waals surface area contributed by atoms with Crippen LogP contribution < -0.4 is 5.32 Å². The van der Waals surface area contributed by atoms with Gasteiger partial charge in [-0.25, -0.2) is 4.98 Å². The molecule has 1 unspecified atom stereocenters. The molecule has 0 aliphatic carbocycles. The first-order chi connectivity index (χ1) is 6.63. The first-order valence-corrected chi connectivity index (χ1v) is 4.86. The molecule has 0 amide bonds. The van der Waals surface area contributed by atoms with Crippen molar-refractivity contribution in [3.05, 3.63) is 23.4 Å². The van der Waals surface area contributed by atoms with Crippen LogP contribution in [-0.4, -0.2) is 11.0 Å². The van der Waals surface area contributed by atoms with Crippen LogP contribution in [-0.2, 0) is 0 Å². The molecule has 0 fully saturated rings. The molecule has 0 aliphatic rings. The monoisotopic (exact) mass is 208 g/mol. The van der Waals surface area contributed by atoms with E-state index in [9.17, 15) is 0 Å². The van der Waals surface area contributed by atoms with E-state index in [0.29, 0.717) is 16.9 Å². The smallest absolute Gasteiger partial charge is 0.131 e. The maximum atomic E-state index is 5.75. The quantitative estimate of drug-likeness (QED) is 0.611. The van der Waals surface area contributed by atoms with Gasteiger partial charge in [-0.1, -0.05) is 37.4 Å². The SMILES string of the molecule is C#CC(Nc1cccc(Cl)n1)C(C)C. The van der Waals surface area contributed by atoms with Crippen molar-refractivity contribution in [2.75, 3.05) is 5.32 Å². The number of hydrogen-bond donors (Lipinski definition) is 1. The number of terminal acetylenes is 1. The highest BCUT2D eigenvalue weighted by atomic mass is 35.5. The van der Waals surface area contributed by atoms with Gasteiger partial charge >= 0.3 is 0 Å². The molecular formula is C11H13ClN2. The highest BCUT2D eigenvalue weighted by Crippen LogP contribution is 2.12. The summed E-state index contributed by atoms with van der Waals surface area (Å²) in [6, 6.07) is 5.40. The summed E-state index contributed by atoms with van der Waals surface area (Å²) in [5.74, 6) is 3.75. The second-order valence-electron chi connectivity index (χ2n) is 3.38. The Hall–Kier alpha value is -1.20. The summed E-state index contributed by atoms with van der Waals surface area (Å²) in [5, 5.41) is 3.60. The number of pyridine rings is 1. The van der Waals surface area contributed by atoms with Crippen molar-refractivity contribution < 1.29 is 0 Å². The molecule has 0 radical (unpaired) electrons. The minimum absolute atomic E-state index is 0.0130. The van der Waals surface area contributed by atoms with Crippen LogP contribution in [0.1, 0.15) is 13.8 Å². The summed E-state index contributed by atoms with van der Waals surface area (Å²) in [4.78, 5) is 4.10. The lowest BCUT2D eigenvalue weighted by atomic mass is 10.1. The van der Waals surface area contributed by atoms with Gasteiger partial charge in [0.25, 0.3) is 0 Å². The Morgan fingerprint density at radius 2 is 2.21 bits per heavy atom. The van der Waals surface area contributed by atoms with E-state index in [1.165, 1.54) is 0 Å². The Balaban J connectivity index is 2.73. The van der Waals surface area contributed by atoms with Crippen LogP contribution in [0.5, 0.6) is 0 Å². The van der Waals surface area contributed by atoms with E-state index in [1.807, 2.05) is 12.1 Å². The van der Waals surface area contributed by atoms with Gasteiger partial charge < -0.3 is 5.32 Å². The maximum Gasteiger partial charge on any atom is 0.131 e. The molecule has 1 atom stereocenters. The van der Waals surface area contributed by atoms with Crippen LogP contribution in [0.2, 0.25) is 5.15 Å². The summed E-state index contributed by atoms with van der Waals surface area (Å²) >= 11 is 5.75. The van der Waals surface area contributed by atoms with Crippen LogP contribution in [0.4, 0.5) is 5.82 Å². The molecule has 1 aromatic rings. The minimum atomic E-state index is -0.0130. The van der Waals surface area contributed by atoms with Gasteiger partial charge in [-0.2, -0.15) is 0 Å². The maximum absolute atomic E-state index is 5.75. The first kappa shape index (κ1) is 10.9. The van der Waals surface area contributed by atoms with E-state index in [2.05, 4.69) is 30.1 Å². The van der Waals surface area contributed by atoms with Gasteiger partial charge in [0.05, 0.1) is 6.04 Å². The molecule has 0 aliphatic heterocycles. The average Bonchev–Trinajstić information content (AvgIpc) is 2.14. The molecule has 1 heterocycles.